The SMILES string of the molecule is O=C(Nc1ccc(N2CCN(Cc3ccoc3)CC2)nc1)c1ccc(Cl)cc1. The Labute approximate surface area is 168 Å². The number of halogens is 1. The minimum Gasteiger partial charge on any atom is -0.472 e. The number of nitrogens with zero attached hydrogens (tertiary/aromatic N) is 3. The van der Waals surface area contributed by atoms with Crippen molar-refractivity contribution >= 4 is 29.0 Å². The molecule has 0 radical (unpaired) electrons. The van der Waals surface area contributed by atoms with E-state index in [4.69, 9.17) is 16.0 Å². The summed E-state index contributed by atoms with van der Waals surface area (Å²) in [6.45, 7) is 4.69. The van der Waals surface area contributed by atoms with Crippen LogP contribution in [0.4, 0.5) is 11.5 Å². The average molecular weight is 397 g/mol. The van der Waals surface area contributed by atoms with Gasteiger partial charge in [0.2, 0.25) is 0 Å². The summed E-state index contributed by atoms with van der Waals surface area (Å²) in [4.78, 5) is 21.5. The van der Waals surface area contributed by atoms with Crippen LogP contribution in [0.25, 0.3) is 0 Å². The molecule has 0 unspecified atom stereocenters. The van der Waals surface area contributed by atoms with Gasteiger partial charge in [-0.15, -0.1) is 0 Å². The van der Waals surface area contributed by atoms with Crippen molar-refractivity contribution < 1.29 is 9.21 Å². The van der Waals surface area contributed by atoms with Crippen molar-refractivity contribution in [3.8, 4) is 0 Å². The molecule has 0 bridgehead atoms. The van der Waals surface area contributed by atoms with Gasteiger partial charge in [-0.25, -0.2) is 4.98 Å². The predicted molar refractivity (Wildman–Crippen MR) is 110 cm³/mol. The fourth-order valence-electron chi connectivity index (χ4n) is 3.23. The highest BCUT2D eigenvalue weighted by molar-refractivity contribution is 6.30. The molecule has 1 saturated heterocycles. The molecule has 6 nitrogen and oxygen atoms in total. The van der Waals surface area contributed by atoms with Crippen molar-refractivity contribution in [3.05, 3.63) is 77.3 Å². The Hall–Kier alpha value is -2.83. The van der Waals surface area contributed by atoms with Crippen LogP contribution >= 0.6 is 11.6 Å². The van der Waals surface area contributed by atoms with Crippen LogP contribution in [0.3, 0.4) is 0 Å². The van der Waals surface area contributed by atoms with Crippen LogP contribution < -0.4 is 10.2 Å². The van der Waals surface area contributed by atoms with E-state index >= 15 is 0 Å². The van der Waals surface area contributed by atoms with Crippen LogP contribution in [0.15, 0.2) is 65.6 Å². The number of furan rings is 1. The number of nitrogens with one attached hydrogen (secondary N) is 1. The molecular formula is C21H21ClN4O2. The molecule has 144 valence electrons. The molecule has 3 heterocycles. The zero-order valence-corrected chi connectivity index (χ0v) is 16.1. The maximum atomic E-state index is 12.3. The summed E-state index contributed by atoms with van der Waals surface area (Å²) in [6, 6.07) is 12.6. The van der Waals surface area contributed by atoms with Gasteiger partial charge in [0.1, 0.15) is 5.82 Å². The molecular weight excluding hydrogens is 376 g/mol. The lowest BCUT2D eigenvalue weighted by atomic mass is 10.2. The highest BCUT2D eigenvalue weighted by atomic mass is 35.5. The first-order chi connectivity index (χ1) is 13.7. The molecule has 0 atom stereocenters. The average Bonchev–Trinajstić information content (AvgIpc) is 3.23. The predicted octanol–water partition coefficient (Wildman–Crippen LogP) is 3.90. The number of carbonyl (C=O) groups excluding carboxylic acids is 1. The molecule has 28 heavy (non-hydrogen) atoms. The number of rotatable bonds is 5. The molecule has 1 N–H and O–H groups in total. The van der Waals surface area contributed by atoms with E-state index < -0.39 is 0 Å². The van der Waals surface area contributed by atoms with Crippen LogP contribution in [-0.2, 0) is 6.54 Å². The maximum Gasteiger partial charge on any atom is 0.255 e. The van der Waals surface area contributed by atoms with E-state index in [0.717, 1.165) is 38.5 Å². The first-order valence-electron chi connectivity index (χ1n) is 9.19. The van der Waals surface area contributed by atoms with E-state index in [-0.39, 0.29) is 5.91 Å². The first-order valence-corrected chi connectivity index (χ1v) is 9.56. The third-order valence-corrected chi connectivity index (χ3v) is 5.05. The second-order valence-electron chi connectivity index (χ2n) is 6.76. The molecule has 0 saturated carbocycles. The summed E-state index contributed by atoms with van der Waals surface area (Å²) >= 11 is 5.86. The minimum atomic E-state index is -0.181. The Kier molecular flexibility index (Phi) is 5.60. The number of anilines is 2. The van der Waals surface area contributed by atoms with Gasteiger partial charge in [-0.05, 0) is 42.5 Å². The zero-order valence-electron chi connectivity index (χ0n) is 15.3. The molecule has 0 spiro atoms. The molecule has 1 amide bonds. The smallest absolute Gasteiger partial charge is 0.255 e. The van der Waals surface area contributed by atoms with E-state index in [1.54, 1.807) is 43.0 Å². The lowest BCUT2D eigenvalue weighted by Gasteiger charge is -2.35. The molecule has 1 aliphatic heterocycles. The highest BCUT2D eigenvalue weighted by Crippen LogP contribution is 2.18. The van der Waals surface area contributed by atoms with E-state index in [2.05, 4.69) is 20.1 Å². The molecule has 2 aromatic heterocycles. The van der Waals surface area contributed by atoms with Crippen LogP contribution in [-0.4, -0.2) is 42.0 Å². The third kappa shape index (κ3) is 4.52. The molecule has 1 aliphatic rings. The van der Waals surface area contributed by atoms with Crippen molar-refractivity contribution in [2.45, 2.75) is 6.54 Å². The number of piperazine rings is 1. The largest absolute Gasteiger partial charge is 0.472 e. The second kappa shape index (κ2) is 8.46. The standard InChI is InChI=1S/C21H21ClN4O2/c22-18-3-1-17(2-4-18)21(27)24-19-5-6-20(23-13-19)26-10-8-25(9-11-26)14-16-7-12-28-15-16/h1-7,12-13,15H,8-11,14H2,(H,24,27). The van der Waals surface area contributed by atoms with Gasteiger partial charge in [0, 0.05) is 48.9 Å². The Balaban J connectivity index is 1.31. The zero-order chi connectivity index (χ0) is 19.3. The molecule has 1 aromatic carbocycles. The topological polar surface area (TPSA) is 61.6 Å². The number of benzene rings is 1. The van der Waals surface area contributed by atoms with Crippen molar-refractivity contribution in [3.63, 3.8) is 0 Å². The Bertz CT molecular complexity index is 903. The number of pyridine rings is 1. The normalized spacial score (nSPS) is 14.8. The molecule has 1 fully saturated rings. The van der Waals surface area contributed by atoms with Gasteiger partial charge in [-0.2, -0.15) is 0 Å². The third-order valence-electron chi connectivity index (χ3n) is 4.79. The van der Waals surface area contributed by atoms with Gasteiger partial charge < -0.3 is 14.6 Å². The first kappa shape index (κ1) is 18.5. The van der Waals surface area contributed by atoms with Gasteiger partial charge in [0.15, 0.2) is 0 Å². The second-order valence-corrected chi connectivity index (χ2v) is 7.20. The molecule has 0 aliphatic carbocycles. The number of carbonyl (C=O) groups is 1. The van der Waals surface area contributed by atoms with Crippen LogP contribution in [0.5, 0.6) is 0 Å². The number of amides is 1. The van der Waals surface area contributed by atoms with Crippen LogP contribution in [0, 0.1) is 0 Å². The molecule has 4 rings (SSSR count). The Morgan fingerprint density at radius 2 is 1.86 bits per heavy atom. The number of hydrogen-bond acceptors (Lipinski definition) is 5. The molecule has 3 aromatic rings. The van der Waals surface area contributed by atoms with Crippen LogP contribution in [0.2, 0.25) is 5.02 Å². The lowest BCUT2D eigenvalue weighted by Crippen LogP contribution is -2.46. The lowest BCUT2D eigenvalue weighted by molar-refractivity contribution is 0.102. The Morgan fingerprint density at radius 3 is 2.50 bits per heavy atom. The van der Waals surface area contributed by atoms with E-state index in [1.807, 2.05) is 18.2 Å². The quantitative estimate of drug-likeness (QED) is 0.708. The van der Waals surface area contributed by atoms with Gasteiger partial charge in [-0.1, -0.05) is 11.6 Å². The summed E-state index contributed by atoms with van der Waals surface area (Å²) in [6.07, 6.45) is 5.20. The van der Waals surface area contributed by atoms with Crippen molar-refractivity contribution in [2.24, 2.45) is 0 Å². The fourth-order valence-corrected chi connectivity index (χ4v) is 3.35. The van der Waals surface area contributed by atoms with Crippen molar-refractivity contribution in [1.82, 2.24) is 9.88 Å². The number of aromatic nitrogens is 1. The van der Waals surface area contributed by atoms with Crippen molar-refractivity contribution in [2.75, 3.05) is 36.4 Å². The monoisotopic (exact) mass is 396 g/mol. The van der Waals surface area contributed by atoms with Gasteiger partial charge in [0.05, 0.1) is 24.4 Å². The summed E-state index contributed by atoms with van der Waals surface area (Å²) in [7, 11) is 0. The fraction of sp³-hybridized carbons (Fsp3) is 0.238. The van der Waals surface area contributed by atoms with E-state index in [9.17, 15) is 4.79 Å². The number of hydrogen-bond donors (Lipinski definition) is 1. The summed E-state index contributed by atoms with van der Waals surface area (Å²) in [5.41, 5.74) is 2.43. The molecule has 7 heteroatoms. The van der Waals surface area contributed by atoms with E-state index in [1.165, 1.54) is 5.56 Å². The summed E-state index contributed by atoms with van der Waals surface area (Å²) in [5, 5.41) is 3.46. The summed E-state index contributed by atoms with van der Waals surface area (Å²) < 4.78 is 5.14. The maximum absolute atomic E-state index is 12.3. The van der Waals surface area contributed by atoms with Gasteiger partial charge in [-0.3, -0.25) is 9.69 Å². The van der Waals surface area contributed by atoms with E-state index in [0.29, 0.717) is 16.3 Å². The van der Waals surface area contributed by atoms with Crippen molar-refractivity contribution in [1.29, 1.82) is 0 Å². The minimum absolute atomic E-state index is 0.181. The Morgan fingerprint density at radius 1 is 1.07 bits per heavy atom. The summed E-state index contributed by atoms with van der Waals surface area (Å²) in [5.74, 6) is 0.742. The van der Waals surface area contributed by atoms with Gasteiger partial charge >= 0.3 is 0 Å². The highest BCUT2D eigenvalue weighted by Gasteiger charge is 2.18. The van der Waals surface area contributed by atoms with Crippen LogP contribution in [0.1, 0.15) is 15.9 Å². The van der Waals surface area contributed by atoms with Gasteiger partial charge in [0.25, 0.3) is 5.91 Å².